The number of esters is 1. The number of ether oxygens (including phenoxy) is 1. The smallest absolute Gasteiger partial charge is 0.351 e. The highest BCUT2D eigenvalue weighted by Gasteiger charge is 2.20. The number of carbonyl (C=O) groups excluding carboxylic acids is 1. The summed E-state index contributed by atoms with van der Waals surface area (Å²) in [4.78, 5) is 26.2. The van der Waals surface area contributed by atoms with Gasteiger partial charge in [-0.3, -0.25) is 0 Å². The van der Waals surface area contributed by atoms with Gasteiger partial charge in [0.1, 0.15) is 11.1 Å². The number of rotatable bonds is 5. The molecule has 1 aromatic carbocycles. The van der Waals surface area contributed by atoms with E-state index in [0.29, 0.717) is 11.1 Å². The minimum absolute atomic E-state index is 0.0232. The molecule has 0 aliphatic carbocycles. The summed E-state index contributed by atoms with van der Waals surface area (Å²) in [6.07, 6.45) is 0. The molecule has 5 heteroatoms. The summed E-state index contributed by atoms with van der Waals surface area (Å²) in [5, 5.41) is 0.749. The normalized spacial score (nSPS) is 10.7. The first-order valence-electron chi connectivity index (χ1n) is 7.52. The standard InChI is InChI=1S/C17H21NO4/c1-5-18(6-2)12-8-9-13-11(4)15(16(19)21-7-3)17(20)22-14(13)10-12/h8-10H,5-7H2,1-4H3. The zero-order valence-electron chi connectivity index (χ0n) is 13.4. The quantitative estimate of drug-likeness (QED) is 0.627. The van der Waals surface area contributed by atoms with Crippen LogP contribution >= 0.6 is 0 Å². The van der Waals surface area contributed by atoms with E-state index < -0.39 is 11.6 Å². The van der Waals surface area contributed by atoms with Crippen LogP contribution in [-0.2, 0) is 4.74 Å². The van der Waals surface area contributed by atoms with Gasteiger partial charge in [-0.15, -0.1) is 0 Å². The van der Waals surface area contributed by atoms with Gasteiger partial charge in [-0.1, -0.05) is 0 Å². The molecule has 0 unspecified atom stereocenters. The Morgan fingerprint density at radius 3 is 2.50 bits per heavy atom. The number of carbonyl (C=O) groups is 1. The van der Waals surface area contributed by atoms with Crippen LogP contribution < -0.4 is 10.5 Å². The number of hydrogen-bond acceptors (Lipinski definition) is 5. The Balaban J connectivity index is 2.61. The van der Waals surface area contributed by atoms with E-state index in [1.807, 2.05) is 18.2 Å². The summed E-state index contributed by atoms with van der Waals surface area (Å²) < 4.78 is 10.3. The largest absolute Gasteiger partial charge is 0.462 e. The van der Waals surface area contributed by atoms with Crippen LogP contribution in [0.5, 0.6) is 0 Å². The summed E-state index contributed by atoms with van der Waals surface area (Å²) in [5.41, 5.74) is 1.39. The third-order valence-electron chi connectivity index (χ3n) is 3.76. The molecule has 0 aliphatic heterocycles. The number of anilines is 1. The summed E-state index contributed by atoms with van der Waals surface area (Å²) in [7, 11) is 0. The molecule has 2 rings (SSSR count). The summed E-state index contributed by atoms with van der Waals surface area (Å²) >= 11 is 0. The van der Waals surface area contributed by atoms with Crippen molar-refractivity contribution in [2.45, 2.75) is 27.7 Å². The molecule has 118 valence electrons. The molecule has 1 aromatic heterocycles. The lowest BCUT2D eigenvalue weighted by atomic mass is 10.1. The van der Waals surface area contributed by atoms with Gasteiger partial charge in [-0.2, -0.15) is 0 Å². The van der Waals surface area contributed by atoms with Gasteiger partial charge in [0.25, 0.3) is 0 Å². The van der Waals surface area contributed by atoms with Gasteiger partial charge < -0.3 is 14.1 Å². The molecule has 0 N–H and O–H groups in total. The summed E-state index contributed by atoms with van der Waals surface area (Å²) in [5.74, 6) is -0.636. The molecule has 0 saturated heterocycles. The first-order valence-corrected chi connectivity index (χ1v) is 7.52. The predicted octanol–water partition coefficient (Wildman–Crippen LogP) is 3.12. The Labute approximate surface area is 129 Å². The molecule has 1 heterocycles. The molecule has 22 heavy (non-hydrogen) atoms. The van der Waals surface area contributed by atoms with E-state index in [4.69, 9.17) is 9.15 Å². The fourth-order valence-electron chi connectivity index (χ4n) is 2.57. The molecule has 0 bridgehead atoms. The Morgan fingerprint density at radius 2 is 1.91 bits per heavy atom. The van der Waals surface area contributed by atoms with Gasteiger partial charge in [-0.05, 0) is 45.4 Å². The lowest BCUT2D eigenvalue weighted by molar-refractivity contribution is 0.0521. The summed E-state index contributed by atoms with van der Waals surface area (Å²) in [6.45, 7) is 9.53. The van der Waals surface area contributed by atoms with Crippen molar-refractivity contribution in [1.29, 1.82) is 0 Å². The zero-order chi connectivity index (χ0) is 16.3. The van der Waals surface area contributed by atoms with Crippen molar-refractivity contribution in [2.75, 3.05) is 24.6 Å². The minimum Gasteiger partial charge on any atom is -0.462 e. The first kappa shape index (κ1) is 16.1. The number of benzene rings is 1. The second-order valence-corrected chi connectivity index (χ2v) is 4.96. The molecule has 0 atom stereocenters. The van der Waals surface area contributed by atoms with Crippen LogP contribution in [-0.4, -0.2) is 25.7 Å². The Hall–Kier alpha value is -2.30. The van der Waals surface area contributed by atoms with E-state index in [1.165, 1.54) is 0 Å². The van der Waals surface area contributed by atoms with Crippen molar-refractivity contribution in [3.63, 3.8) is 0 Å². The highest BCUT2D eigenvalue weighted by atomic mass is 16.5. The van der Waals surface area contributed by atoms with Crippen LogP contribution in [0.25, 0.3) is 11.0 Å². The van der Waals surface area contributed by atoms with E-state index in [-0.39, 0.29) is 12.2 Å². The predicted molar refractivity (Wildman–Crippen MR) is 86.7 cm³/mol. The molecule has 0 saturated carbocycles. The molecule has 2 aromatic rings. The monoisotopic (exact) mass is 303 g/mol. The third-order valence-corrected chi connectivity index (χ3v) is 3.76. The Morgan fingerprint density at radius 1 is 1.23 bits per heavy atom. The second kappa shape index (κ2) is 6.64. The van der Waals surface area contributed by atoms with Gasteiger partial charge >= 0.3 is 11.6 Å². The lowest BCUT2D eigenvalue weighted by Crippen LogP contribution is -2.22. The van der Waals surface area contributed by atoms with Crippen molar-refractivity contribution >= 4 is 22.6 Å². The number of aryl methyl sites for hydroxylation is 1. The Bertz CT molecular complexity index is 744. The average molecular weight is 303 g/mol. The second-order valence-electron chi connectivity index (χ2n) is 4.96. The summed E-state index contributed by atoms with van der Waals surface area (Å²) in [6, 6.07) is 5.69. The number of fused-ring (bicyclic) bond motifs is 1. The SMILES string of the molecule is CCOC(=O)c1c(C)c2ccc(N(CC)CC)cc2oc1=O. The topological polar surface area (TPSA) is 59.8 Å². The van der Waals surface area contributed by atoms with Crippen LogP contribution in [0.2, 0.25) is 0 Å². The van der Waals surface area contributed by atoms with Crippen LogP contribution in [0.4, 0.5) is 5.69 Å². The van der Waals surface area contributed by atoms with Gasteiger partial charge in [0.05, 0.1) is 6.61 Å². The number of nitrogens with zero attached hydrogens (tertiary/aromatic N) is 1. The van der Waals surface area contributed by atoms with E-state index in [0.717, 1.165) is 24.2 Å². The lowest BCUT2D eigenvalue weighted by Gasteiger charge is -2.21. The molecule has 0 spiro atoms. The maximum atomic E-state index is 12.1. The Kier molecular flexibility index (Phi) is 4.85. The van der Waals surface area contributed by atoms with Crippen LogP contribution in [0.15, 0.2) is 27.4 Å². The van der Waals surface area contributed by atoms with Gasteiger partial charge in [0.15, 0.2) is 0 Å². The molecular formula is C17H21NO4. The van der Waals surface area contributed by atoms with Crippen molar-refractivity contribution in [1.82, 2.24) is 0 Å². The van der Waals surface area contributed by atoms with Crippen LogP contribution in [0.1, 0.15) is 36.7 Å². The molecule has 0 amide bonds. The van der Waals surface area contributed by atoms with Crippen molar-refractivity contribution in [3.8, 4) is 0 Å². The van der Waals surface area contributed by atoms with Gasteiger partial charge in [0, 0.05) is 30.2 Å². The molecule has 0 aliphatic rings. The average Bonchev–Trinajstić information content (AvgIpc) is 2.48. The first-order chi connectivity index (χ1) is 10.5. The highest BCUT2D eigenvalue weighted by molar-refractivity contribution is 5.96. The third kappa shape index (κ3) is 2.84. The van der Waals surface area contributed by atoms with Crippen molar-refractivity contribution < 1.29 is 13.9 Å². The van der Waals surface area contributed by atoms with Gasteiger partial charge in [-0.25, -0.2) is 9.59 Å². The van der Waals surface area contributed by atoms with Crippen molar-refractivity contribution in [2.24, 2.45) is 0 Å². The molecular weight excluding hydrogens is 282 g/mol. The maximum absolute atomic E-state index is 12.1. The van der Waals surface area contributed by atoms with Crippen molar-refractivity contribution in [3.05, 3.63) is 39.7 Å². The minimum atomic E-state index is -0.653. The highest BCUT2D eigenvalue weighted by Crippen LogP contribution is 2.25. The van der Waals surface area contributed by atoms with Crippen LogP contribution in [0, 0.1) is 6.92 Å². The van der Waals surface area contributed by atoms with E-state index >= 15 is 0 Å². The molecule has 5 nitrogen and oxygen atoms in total. The fourth-order valence-corrected chi connectivity index (χ4v) is 2.57. The van der Waals surface area contributed by atoms with Gasteiger partial charge in [0.2, 0.25) is 0 Å². The van der Waals surface area contributed by atoms with E-state index in [9.17, 15) is 9.59 Å². The molecule has 0 fully saturated rings. The van der Waals surface area contributed by atoms with Crippen LogP contribution in [0.3, 0.4) is 0 Å². The molecule has 0 radical (unpaired) electrons. The maximum Gasteiger partial charge on any atom is 0.351 e. The fraction of sp³-hybridized carbons (Fsp3) is 0.412. The van der Waals surface area contributed by atoms with E-state index in [1.54, 1.807) is 13.8 Å². The zero-order valence-corrected chi connectivity index (χ0v) is 13.4. The number of hydrogen-bond donors (Lipinski definition) is 0. The van der Waals surface area contributed by atoms with E-state index in [2.05, 4.69) is 18.7 Å².